The minimum Gasteiger partial charge on any atom is -0.457 e. The van der Waals surface area contributed by atoms with Crippen molar-refractivity contribution in [2.24, 2.45) is 23.7 Å². The van der Waals surface area contributed by atoms with Crippen molar-refractivity contribution in [1.29, 1.82) is 0 Å². The van der Waals surface area contributed by atoms with E-state index in [9.17, 15) is 19.2 Å². The number of carbonyl (C=O) groups is 4. The van der Waals surface area contributed by atoms with E-state index in [0.717, 1.165) is 12.8 Å². The maximum Gasteiger partial charge on any atom is 0.338 e. The zero-order chi connectivity index (χ0) is 30.2. The number of carbonyl (C=O) groups excluding carboxylic acids is 4. The van der Waals surface area contributed by atoms with Crippen molar-refractivity contribution in [3.05, 3.63) is 120 Å². The first-order valence-corrected chi connectivity index (χ1v) is 14.8. The standard InChI is InChI=1S/C36H30N2O6/c39-31(37-25-14-16-28(17-15-25)44-27-12-5-2-6-13-27)21-43-36(42)23-10-7-11-26(18-23)38-34(40)32-24-19-29(22-8-3-1-4-9-22)30(20-24)33(32)35(38)41/h1-18,24,29-30,32-33H,19-21H2,(H,37,39)/t24-,29+,30+,32+,33-/m0/s1. The van der Waals surface area contributed by atoms with Crippen LogP contribution in [0.15, 0.2) is 109 Å². The van der Waals surface area contributed by atoms with Crippen LogP contribution in [0.4, 0.5) is 11.4 Å². The Labute approximate surface area is 254 Å². The number of nitrogens with zero attached hydrogens (tertiary/aromatic N) is 1. The van der Waals surface area contributed by atoms with E-state index >= 15 is 0 Å². The summed E-state index contributed by atoms with van der Waals surface area (Å²) in [4.78, 5) is 53.8. The molecule has 0 spiro atoms. The molecule has 2 aliphatic carbocycles. The van der Waals surface area contributed by atoms with Gasteiger partial charge in [0.05, 0.1) is 23.1 Å². The average Bonchev–Trinajstić information content (AvgIpc) is 3.73. The molecule has 1 heterocycles. The van der Waals surface area contributed by atoms with Crippen molar-refractivity contribution in [2.75, 3.05) is 16.8 Å². The molecule has 3 amide bonds. The molecule has 1 saturated heterocycles. The molecule has 3 aliphatic rings. The summed E-state index contributed by atoms with van der Waals surface area (Å²) in [6.07, 6.45) is 1.79. The van der Waals surface area contributed by atoms with Gasteiger partial charge in [0.25, 0.3) is 5.91 Å². The summed E-state index contributed by atoms with van der Waals surface area (Å²) in [5, 5.41) is 2.69. The first kappa shape index (κ1) is 27.6. The summed E-state index contributed by atoms with van der Waals surface area (Å²) in [6.45, 7) is -0.499. The second kappa shape index (κ2) is 11.4. The molecule has 4 aromatic carbocycles. The highest BCUT2D eigenvalue weighted by atomic mass is 16.5. The van der Waals surface area contributed by atoms with Crippen LogP contribution in [0.3, 0.4) is 0 Å². The minimum atomic E-state index is -0.725. The van der Waals surface area contributed by atoms with Crippen LogP contribution < -0.4 is 15.0 Å². The minimum absolute atomic E-state index is 0.133. The van der Waals surface area contributed by atoms with Crippen molar-refractivity contribution in [3.8, 4) is 11.5 Å². The molecule has 4 aromatic rings. The van der Waals surface area contributed by atoms with Crippen LogP contribution in [0.1, 0.15) is 34.7 Å². The van der Waals surface area contributed by atoms with Gasteiger partial charge in [0.1, 0.15) is 11.5 Å². The van der Waals surface area contributed by atoms with Gasteiger partial charge >= 0.3 is 5.97 Å². The van der Waals surface area contributed by atoms with Gasteiger partial charge in [-0.05, 0) is 90.8 Å². The molecule has 5 atom stereocenters. The van der Waals surface area contributed by atoms with Crippen LogP contribution in [-0.4, -0.2) is 30.3 Å². The van der Waals surface area contributed by atoms with Gasteiger partial charge in [-0.2, -0.15) is 0 Å². The van der Waals surface area contributed by atoms with Gasteiger partial charge in [-0.3, -0.25) is 19.3 Å². The molecule has 0 unspecified atom stereocenters. The number of imide groups is 1. The van der Waals surface area contributed by atoms with Gasteiger partial charge in [0.2, 0.25) is 11.8 Å². The molecular formula is C36H30N2O6. The molecule has 220 valence electrons. The van der Waals surface area contributed by atoms with E-state index < -0.39 is 18.5 Å². The van der Waals surface area contributed by atoms with Gasteiger partial charge in [-0.25, -0.2) is 4.79 Å². The summed E-state index contributed by atoms with van der Waals surface area (Å²) < 4.78 is 11.0. The van der Waals surface area contributed by atoms with E-state index in [1.807, 2.05) is 48.5 Å². The van der Waals surface area contributed by atoms with Crippen LogP contribution in [0, 0.1) is 23.7 Å². The van der Waals surface area contributed by atoms with Crippen LogP contribution in [0.2, 0.25) is 0 Å². The smallest absolute Gasteiger partial charge is 0.338 e. The zero-order valence-electron chi connectivity index (χ0n) is 23.8. The number of ether oxygens (including phenoxy) is 2. The molecule has 0 radical (unpaired) electrons. The molecule has 1 aliphatic heterocycles. The van der Waals surface area contributed by atoms with Gasteiger partial charge in [-0.1, -0.05) is 54.6 Å². The second-order valence-corrected chi connectivity index (χ2v) is 11.6. The van der Waals surface area contributed by atoms with E-state index in [2.05, 4.69) is 17.4 Å². The third-order valence-corrected chi connectivity index (χ3v) is 9.03. The Morgan fingerprint density at radius 1 is 0.750 bits per heavy atom. The normalized spacial score (nSPS) is 23.4. The summed E-state index contributed by atoms with van der Waals surface area (Å²) in [5.41, 5.74) is 2.25. The van der Waals surface area contributed by atoms with Crippen molar-refractivity contribution in [1.82, 2.24) is 0 Å². The fraction of sp³-hybridized carbons (Fsp3) is 0.222. The summed E-state index contributed by atoms with van der Waals surface area (Å²) in [6, 6.07) is 32.7. The lowest BCUT2D eigenvalue weighted by atomic mass is 9.73. The largest absolute Gasteiger partial charge is 0.457 e. The fourth-order valence-corrected chi connectivity index (χ4v) is 7.21. The van der Waals surface area contributed by atoms with Crippen molar-refractivity contribution < 1.29 is 28.7 Å². The van der Waals surface area contributed by atoms with Crippen molar-refractivity contribution in [2.45, 2.75) is 18.8 Å². The third-order valence-electron chi connectivity index (χ3n) is 9.03. The Morgan fingerprint density at radius 2 is 1.43 bits per heavy atom. The number of anilines is 2. The topological polar surface area (TPSA) is 102 Å². The fourth-order valence-electron chi connectivity index (χ4n) is 7.21. The molecule has 0 aromatic heterocycles. The highest BCUT2D eigenvalue weighted by Crippen LogP contribution is 2.61. The quantitative estimate of drug-likeness (QED) is 0.195. The number of nitrogens with one attached hydrogen (secondary N) is 1. The lowest BCUT2D eigenvalue weighted by molar-refractivity contribution is -0.123. The molecule has 7 rings (SSSR count). The van der Waals surface area contributed by atoms with Crippen LogP contribution in [0.25, 0.3) is 0 Å². The number of hydrogen-bond acceptors (Lipinski definition) is 6. The molecule has 1 N–H and O–H groups in total. The molecule has 8 nitrogen and oxygen atoms in total. The third kappa shape index (κ3) is 5.13. The highest BCUT2D eigenvalue weighted by Gasteiger charge is 2.64. The number of benzene rings is 4. The summed E-state index contributed by atoms with van der Waals surface area (Å²) in [7, 11) is 0. The Balaban J connectivity index is 0.969. The number of rotatable bonds is 8. The van der Waals surface area contributed by atoms with Gasteiger partial charge < -0.3 is 14.8 Å². The Bertz CT molecular complexity index is 1720. The maximum absolute atomic E-state index is 13.7. The molecule has 3 fully saturated rings. The van der Waals surface area contributed by atoms with E-state index in [1.54, 1.807) is 36.4 Å². The Kier molecular flexibility index (Phi) is 7.18. The van der Waals surface area contributed by atoms with E-state index in [4.69, 9.17) is 9.47 Å². The first-order chi connectivity index (χ1) is 21.5. The van der Waals surface area contributed by atoms with E-state index in [0.29, 0.717) is 22.9 Å². The van der Waals surface area contributed by atoms with Gasteiger partial charge in [0.15, 0.2) is 6.61 Å². The first-order valence-electron chi connectivity index (χ1n) is 14.8. The number of esters is 1. The van der Waals surface area contributed by atoms with Crippen LogP contribution in [-0.2, 0) is 19.1 Å². The summed E-state index contributed by atoms with van der Waals surface area (Å²) in [5.74, 6) is -0.383. The summed E-state index contributed by atoms with van der Waals surface area (Å²) >= 11 is 0. The average molecular weight is 587 g/mol. The van der Waals surface area contributed by atoms with Crippen LogP contribution in [0.5, 0.6) is 11.5 Å². The number of hydrogen-bond donors (Lipinski definition) is 1. The van der Waals surface area contributed by atoms with Crippen LogP contribution >= 0.6 is 0 Å². The van der Waals surface area contributed by atoms with Crippen molar-refractivity contribution >= 4 is 35.1 Å². The Hall–Kier alpha value is -5.24. The monoisotopic (exact) mass is 586 g/mol. The number of amides is 3. The zero-order valence-corrected chi connectivity index (χ0v) is 23.8. The maximum atomic E-state index is 13.7. The van der Waals surface area contributed by atoms with E-state index in [-0.39, 0.29) is 47.0 Å². The molecule has 2 bridgehead atoms. The molecular weight excluding hydrogens is 556 g/mol. The van der Waals surface area contributed by atoms with Gasteiger partial charge in [0, 0.05) is 5.69 Å². The molecule has 2 saturated carbocycles. The lowest BCUT2D eigenvalue weighted by Gasteiger charge is -2.28. The lowest BCUT2D eigenvalue weighted by Crippen LogP contribution is -2.33. The predicted molar refractivity (Wildman–Crippen MR) is 163 cm³/mol. The van der Waals surface area contributed by atoms with E-state index in [1.165, 1.54) is 22.6 Å². The molecule has 44 heavy (non-hydrogen) atoms. The molecule has 8 heteroatoms. The number of fused-ring (bicyclic) bond motifs is 5. The highest BCUT2D eigenvalue weighted by molar-refractivity contribution is 6.23. The van der Waals surface area contributed by atoms with Gasteiger partial charge in [-0.15, -0.1) is 0 Å². The second-order valence-electron chi connectivity index (χ2n) is 11.6. The number of para-hydroxylation sites is 1. The predicted octanol–water partition coefficient (Wildman–Crippen LogP) is 6.20. The SMILES string of the molecule is O=C(COC(=O)c1cccc(N2C(=O)[C@@H]3[C@@H]4C[C@@H]([C@@H]3C2=O)[C@@H](c2ccccc2)C4)c1)Nc1ccc(Oc2ccccc2)cc1. The van der Waals surface area contributed by atoms with Crippen molar-refractivity contribution in [3.63, 3.8) is 0 Å². The Morgan fingerprint density at radius 3 is 2.18 bits per heavy atom.